The highest BCUT2D eigenvalue weighted by Gasteiger charge is 2.31. The van der Waals surface area contributed by atoms with Crippen LogP contribution in [-0.2, 0) is 5.60 Å². The summed E-state index contributed by atoms with van der Waals surface area (Å²) < 4.78 is 5.39. The standard InChI is InChI=1S/C14H23NO2/c1-5-6-14(16,9-15)13-11(3)7-10(2)8-12(13)17-4/h7-8,16H,5-6,9,15H2,1-4H3. The van der Waals surface area contributed by atoms with E-state index in [4.69, 9.17) is 10.5 Å². The summed E-state index contributed by atoms with van der Waals surface area (Å²) in [5, 5.41) is 10.7. The minimum atomic E-state index is -0.988. The van der Waals surface area contributed by atoms with Crippen molar-refractivity contribution in [3.8, 4) is 5.75 Å². The van der Waals surface area contributed by atoms with Crippen molar-refractivity contribution in [3.05, 3.63) is 28.8 Å². The first-order valence-corrected chi connectivity index (χ1v) is 6.06. The largest absolute Gasteiger partial charge is 0.496 e. The predicted octanol–water partition coefficient (Wildman–Crippen LogP) is 2.26. The Labute approximate surface area is 104 Å². The summed E-state index contributed by atoms with van der Waals surface area (Å²) >= 11 is 0. The average Bonchev–Trinajstić information content (AvgIpc) is 2.27. The minimum absolute atomic E-state index is 0.209. The second-order valence-corrected chi connectivity index (χ2v) is 4.64. The molecule has 0 saturated heterocycles. The lowest BCUT2D eigenvalue weighted by Crippen LogP contribution is -2.36. The van der Waals surface area contributed by atoms with Crippen LogP contribution >= 0.6 is 0 Å². The minimum Gasteiger partial charge on any atom is -0.496 e. The van der Waals surface area contributed by atoms with Crippen LogP contribution in [0.25, 0.3) is 0 Å². The summed E-state index contributed by atoms with van der Waals surface area (Å²) in [4.78, 5) is 0. The number of ether oxygens (including phenoxy) is 1. The Hall–Kier alpha value is -1.06. The van der Waals surface area contributed by atoms with Gasteiger partial charge in [0, 0.05) is 12.1 Å². The first-order valence-electron chi connectivity index (χ1n) is 6.06. The van der Waals surface area contributed by atoms with Crippen molar-refractivity contribution in [1.82, 2.24) is 0 Å². The number of methoxy groups -OCH3 is 1. The molecule has 0 bridgehead atoms. The Bertz CT molecular complexity index is 390. The number of hydrogen-bond donors (Lipinski definition) is 2. The van der Waals surface area contributed by atoms with Crippen molar-refractivity contribution in [3.63, 3.8) is 0 Å². The van der Waals surface area contributed by atoms with Gasteiger partial charge in [-0.3, -0.25) is 0 Å². The molecular weight excluding hydrogens is 214 g/mol. The molecule has 0 amide bonds. The smallest absolute Gasteiger partial charge is 0.125 e. The number of hydrogen-bond acceptors (Lipinski definition) is 3. The van der Waals surface area contributed by atoms with Crippen molar-refractivity contribution in [2.45, 2.75) is 39.2 Å². The summed E-state index contributed by atoms with van der Waals surface area (Å²) in [6.45, 7) is 6.25. The molecule has 1 aromatic carbocycles. The SMILES string of the molecule is CCCC(O)(CN)c1c(C)cc(C)cc1OC. The fraction of sp³-hybridized carbons (Fsp3) is 0.571. The van der Waals surface area contributed by atoms with E-state index >= 15 is 0 Å². The number of benzene rings is 1. The van der Waals surface area contributed by atoms with E-state index < -0.39 is 5.60 Å². The molecule has 0 aromatic heterocycles. The van der Waals surface area contributed by atoms with Gasteiger partial charge >= 0.3 is 0 Å². The average molecular weight is 237 g/mol. The molecule has 0 aliphatic carbocycles. The first kappa shape index (κ1) is 14.0. The Balaban J connectivity index is 3.36. The van der Waals surface area contributed by atoms with Crippen LogP contribution < -0.4 is 10.5 Å². The van der Waals surface area contributed by atoms with Gasteiger partial charge in [0.05, 0.1) is 7.11 Å². The van der Waals surface area contributed by atoms with Gasteiger partial charge in [0.2, 0.25) is 0 Å². The molecule has 0 aliphatic heterocycles. The second kappa shape index (κ2) is 5.52. The topological polar surface area (TPSA) is 55.5 Å². The fourth-order valence-electron chi connectivity index (χ4n) is 2.43. The van der Waals surface area contributed by atoms with E-state index in [1.165, 1.54) is 0 Å². The number of aryl methyl sites for hydroxylation is 2. The van der Waals surface area contributed by atoms with E-state index in [0.29, 0.717) is 6.42 Å². The van der Waals surface area contributed by atoms with Gasteiger partial charge in [-0.25, -0.2) is 0 Å². The number of aliphatic hydroxyl groups is 1. The molecule has 1 rings (SSSR count). The highest BCUT2D eigenvalue weighted by atomic mass is 16.5. The maximum absolute atomic E-state index is 10.7. The third-order valence-corrected chi connectivity index (χ3v) is 3.13. The number of nitrogens with two attached hydrogens (primary N) is 1. The van der Waals surface area contributed by atoms with Crippen LogP contribution in [0.2, 0.25) is 0 Å². The molecule has 0 radical (unpaired) electrons. The predicted molar refractivity (Wildman–Crippen MR) is 70.3 cm³/mol. The van der Waals surface area contributed by atoms with Gasteiger partial charge in [-0.05, 0) is 37.5 Å². The molecule has 1 atom stereocenters. The van der Waals surface area contributed by atoms with Crippen LogP contribution in [-0.4, -0.2) is 18.8 Å². The first-order chi connectivity index (χ1) is 7.98. The third kappa shape index (κ3) is 2.79. The molecule has 3 nitrogen and oxygen atoms in total. The summed E-state index contributed by atoms with van der Waals surface area (Å²) in [5.74, 6) is 0.726. The Kier molecular flexibility index (Phi) is 4.54. The summed E-state index contributed by atoms with van der Waals surface area (Å²) in [5.41, 5.74) is 7.75. The summed E-state index contributed by atoms with van der Waals surface area (Å²) in [6, 6.07) is 3.99. The van der Waals surface area contributed by atoms with Gasteiger partial charge in [0.15, 0.2) is 0 Å². The highest BCUT2D eigenvalue weighted by molar-refractivity contribution is 5.46. The monoisotopic (exact) mass is 237 g/mol. The van der Waals surface area contributed by atoms with Crippen LogP contribution in [0.5, 0.6) is 5.75 Å². The fourth-order valence-corrected chi connectivity index (χ4v) is 2.43. The van der Waals surface area contributed by atoms with E-state index in [-0.39, 0.29) is 6.54 Å². The second-order valence-electron chi connectivity index (χ2n) is 4.64. The molecule has 3 heteroatoms. The van der Waals surface area contributed by atoms with Gasteiger partial charge < -0.3 is 15.6 Å². The normalized spacial score (nSPS) is 14.5. The van der Waals surface area contributed by atoms with Crippen molar-refractivity contribution < 1.29 is 9.84 Å². The Morgan fingerprint density at radius 2 is 2.00 bits per heavy atom. The quantitative estimate of drug-likeness (QED) is 0.826. The maximum Gasteiger partial charge on any atom is 0.125 e. The number of rotatable bonds is 5. The molecule has 1 aromatic rings. The molecule has 0 spiro atoms. The van der Waals surface area contributed by atoms with E-state index in [2.05, 4.69) is 0 Å². The van der Waals surface area contributed by atoms with Crippen molar-refractivity contribution in [2.75, 3.05) is 13.7 Å². The van der Waals surface area contributed by atoms with E-state index in [1.54, 1.807) is 7.11 Å². The van der Waals surface area contributed by atoms with Crippen LogP contribution in [0.1, 0.15) is 36.5 Å². The summed E-state index contributed by atoms with van der Waals surface area (Å²) in [6.07, 6.45) is 1.52. The molecule has 1 unspecified atom stereocenters. The molecule has 0 fully saturated rings. The zero-order valence-corrected chi connectivity index (χ0v) is 11.2. The zero-order valence-electron chi connectivity index (χ0n) is 11.2. The van der Waals surface area contributed by atoms with Crippen molar-refractivity contribution in [2.24, 2.45) is 5.73 Å². The summed E-state index contributed by atoms with van der Waals surface area (Å²) in [7, 11) is 1.63. The third-order valence-electron chi connectivity index (χ3n) is 3.13. The van der Waals surface area contributed by atoms with E-state index in [0.717, 1.165) is 28.9 Å². The Morgan fingerprint density at radius 1 is 1.35 bits per heavy atom. The lowest BCUT2D eigenvalue weighted by atomic mass is 9.85. The van der Waals surface area contributed by atoms with E-state index in [1.807, 2.05) is 32.9 Å². The molecule has 96 valence electrons. The Morgan fingerprint density at radius 3 is 2.47 bits per heavy atom. The molecule has 0 heterocycles. The molecule has 17 heavy (non-hydrogen) atoms. The van der Waals surface area contributed by atoms with Gasteiger partial charge in [0.25, 0.3) is 0 Å². The van der Waals surface area contributed by atoms with Gasteiger partial charge in [-0.15, -0.1) is 0 Å². The molecule has 0 saturated carbocycles. The lowest BCUT2D eigenvalue weighted by molar-refractivity contribution is 0.0329. The van der Waals surface area contributed by atoms with Crippen molar-refractivity contribution in [1.29, 1.82) is 0 Å². The van der Waals surface area contributed by atoms with E-state index in [9.17, 15) is 5.11 Å². The highest BCUT2D eigenvalue weighted by Crippen LogP contribution is 2.36. The molecule has 0 aliphatic rings. The van der Waals surface area contributed by atoms with Crippen LogP contribution in [0.4, 0.5) is 0 Å². The van der Waals surface area contributed by atoms with Crippen LogP contribution in [0.15, 0.2) is 12.1 Å². The molecule has 3 N–H and O–H groups in total. The van der Waals surface area contributed by atoms with Crippen molar-refractivity contribution >= 4 is 0 Å². The van der Waals surface area contributed by atoms with Gasteiger partial charge in [0.1, 0.15) is 11.4 Å². The zero-order chi connectivity index (χ0) is 13.1. The van der Waals surface area contributed by atoms with Gasteiger partial charge in [-0.1, -0.05) is 19.4 Å². The maximum atomic E-state index is 10.7. The lowest BCUT2D eigenvalue weighted by Gasteiger charge is -2.30. The van der Waals surface area contributed by atoms with Crippen LogP contribution in [0.3, 0.4) is 0 Å². The van der Waals surface area contributed by atoms with Crippen LogP contribution in [0, 0.1) is 13.8 Å². The molecular formula is C14H23NO2. The van der Waals surface area contributed by atoms with Gasteiger partial charge in [-0.2, -0.15) is 0 Å².